The summed E-state index contributed by atoms with van der Waals surface area (Å²) in [6, 6.07) is 11.8. The van der Waals surface area contributed by atoms with Crippen molar-refractivity contribution in [3.05, 3.63) is 53.6 Å². The molecule has 6 nitrogen and oxygen atoms in total. The van der Waals surface area contributed by atoms with Crippen molar-refractivity contribution in [2.75, 3.05) is 18.4 Å². The standard InChI is InChI=1S/C20H26N2O4S/c1-4-22(5-2)27(25,26)19-14-17(12-10-15(19)3)21-20(24)13-11-16-8-6-7-9-18(16)23/h6-10,12,14,23H,4-5,11,13H2,1-3H3,(H,21,24). The molecule has 0 heterocycles. The van der Waals surface area contributed by atoms with Crippen LogP contribution >= 0.6 is 0 Å². The van der Waals surface area contributed by atoms with Crippen molar-refractivity contribution in [3.63, 3.8) is 0 Å². The van der Waals surface area contributed by atoms with Crippen molar-refractivity contribution in [2.24, 2.45) is 0 Å². The molecule has 0 spiro atoms. The predicted molar refractivity (Wildman–Crippen MR) is 106 cm³/mol. The van der Waals surface area contributed by atoms with Gasteiger partial charge in [0.2, 0.25) is 15.9 Å². The zero-order chi connectivity index (χ0) is 20.0. The second-order valence-electron chi connectivity index (χ2n) is 6.25. The van der Waals surface area contributed by atoms with Crippen LogP contribution in [0, 0.1) is 6.92 Å². The summed E-state index contributed by atoms with van der Waals surface area (Å²) < 4.78 is 27.0. The van der Waals surface area contributed by atoms with Gasteiger partial charge in [-0.1, -0.05) is 38.1 Å². The number of para-hydroxylation sites is 1. The highest BCUT2D eigenvalue weighted by atomic mass is 32.2. The zero-order valence-corrected chi connectivity index (χ0v) is 16.7. The molecule has 2 aromatic rings. The van der Waals surface area contributed by atoms with Gasteiger partial charge < -0.3 is 10.4 Å². The topological polar surface area (TPSA) is 86.7 Å². The Morgan fingerprint density at radius 3 is 2.41 bits per heavy atom. The van der Waals surface area contributed by atoms with Crippen molar-refractivity contribution >= 4 is 21.6 Å². The van der Waals surface area contributed by atoms with Gasteiger partial charge >= 0.3 is 0 Å². The van der Waals surface area contributed by atoms with E-state index in [1.54, 1.807) is 57.2 Å². The summed E-state index contributed by atoms with van der Waals surface area (Å²) in [6.45, 7) is 6.09. The average Bonchev–Trinajstić information content (AvgIpc) is 2.63. The number of phenols is 1. The smallest absolute Gasteiger partial charge is 0.243 e. The van der Waals surface area contributed by atoms with E-state index in [2.05, 4.69) is 5.32 Å². The quantitative estimate of drug-likeness (QED) is 0.724. The van der Waals surface area contributed by atoms with Gasteiger partial charge in [-0.2, -0.15) is 4.31 Å². The Morgan fingerprint density at radius 1 is 1.11 bits per heavy atom. The molecule has 0 aliphatic rings. The molecule has 1 amide bonds. The first-order chi connectivity index (χ1) is 12.8. The molecule has 7 heteroatoms. The van der Waals surface area contributed by atoms with Crippen LogP contribution in [0.25, 0.3) is 0 Å². The first-order valence-corrected chi connectivity index (χ1v) is 10.4. The van der Waals surface area contributed by atoms with E-state index in [9.17, 15) is 18.3 Å². The largest absolute Gasteiger partial charge is 0.508 e. The maximum atomic E-state index is 12.8. The number of nitrogens with one attached hydrogen (secondary N) is 1. The van der Waals surface area contributed by atoms with Crippen LogP contribution in [-0.2, 0) is 21.2 Å². The molecule has 2 N–H and O–H groups in total. The number of anilines is 1. The molecule has 0 saturated heterocycles. The minimum atomic E-state index is -3.60. The van der Waals surface area contributed by atoms with Crippen molar-refractivity contribution in [1.29, 1.82) is 0 Å². The summed E-state index contributed by atoms with van der Waals surface area (Å²) >= 11 is 0. The van der Waals surface area contributed by atoms with Crippen LogP contribution in [0.3, 0.4) is 0 Å². The summed E-state index contributed by atoms with van der Waals surface area (Å²) in [5.41, 5.74) is 1.77. The first-order valence-electron chi connectivity index (χ1n) is 8.97. The molecule has 2 aromatic carbocycles. The summed E-state index contributed by atoms with van der Waals surface area (Å²) in [6.07, 6.45) is 0.582. The maximum absolute atomic E-state index is 12.8. The number of phenolic OH excluding ortho intramolecular Hbond substituents is 1. The lowest BCUT2D eigenvalue weighted by Crippen LogP contribution is -2.31. The number of aromatic hydroxyl groups is 1. The Labute approximate surface area is 160 Å². The molecule has 0 unspecified atom stereocenters. The highest BCUT2D eigenvalue weighted by Crippen LogP contribution is 2.24. The fraction of sp³-hybridized carbons (Fsp3) is 0.350. The molecule has 2 rings (SSSR count). The van der Waals surface area contributed by atoms with E-state index in [0.29, 0.717) is 36.3 Å². The number of hydrogen-bond acceptors (Lipinski definition) is 4. The molecule has 146 valence electrons. The molecule has 0 radical (unpaired) electrons. The third-order valence-electron chi connectivity index (χ3n) is 4.41. The first kappa shape index (κ1) is 20.9. The number of carbonyl (C=O) groups is 1. The van der Waals surface area contributed by atoms with Gasteiger partial charge in [-0.15, -0.1) is 0 Å². The fourth-order valence-corrected chi connectivity index (χ4v) is 4.56. The van der Waals surface area contributed by atoms with Gasteiger partial charge in [0, 0.05) is 25.2 Å². The zero-order valence-electron chi connectivity index (χ0n) is 15.9. The van der Waals surface area contributed by atoms with Crippen LogP contribution in [0.2, 0.25) is 0 Å². The number of aryl methyl sites for hydroxylation is 2. The van der Waals surface area contributed by atoms with Crippen LogP contribution in [0.15, 0.2) is 47.4 Å². The predicted octanol–water partition coefficient (Wildman–Crippen LogP) is 3.30. The van der Waals surface area contributed by atoms with Gasteiger partial charge in [-0.05, 0) is 42.7 Å². The van der Waals surface area contributed by atoms with Crippen LogP contribution < -0.4 is 5.32 Å². The molecule has 0 atom stereocenters. The third kappa shape index (κ3) is 5.08. The molecule has 0 aromatic heterocycles. The average molecular weight is 391 g/mol. The fourth-order valence-electron chi connectivity index (χ4n) is 2.85. The number of sulfonamides is 1. The Kier molecular flexibility index (Phi) is 6.98. The van der Waals surface area contributed by atoms with Crippen molar-refractivity contribution < 1.29 is 18.3 Å². The van der Waals surface area contributed by atoms with E-state index in [0.717, 1.165) is 0 Å². The SMILES string of the molecule is CCN(CC)S(=O)(=O)c1cc(NC(=O)CCc2ccccc2O)ccc1C. The monoisotopic (exact) mass is 390 g/mol. The second-order valence-corrected chi connectivity index (χ2v) is 8.15. The van der Waals surface area contributed by atoms with Crippen molar-refractivity contribution in [3.8, 4) is 5.75 Å². The van der Waals surface area contributed by atoms with Crippen LogP contribution in [0.4, 0.5) is 5.69 Å². The lowest BCUT2D eigenvalue weighted by Gasteiger charge is -2.20. The van der Waals surface area contributed by atoms with Gasteiger partial charge in [-0.25, -0.2) is 8.42 Å². The number of rotatable bonds is 8. The van der Waals surface area contributed by atoms with Crippen LogP contribution in [0.5, 0.6) is 5.75 Å². The highest BCUT2D eigenvalue weighted by Gasteiger charge is 2.24. The van der Waals surface area contributed by atoms with Crippen LogP contribution in [0.1, 0.15) is 31.4 Å². The third-order valence-corrected chi connectivity index (χ3v) is 6.60. The van der Waals surface area contributed by atoms with E-state index in [1.807, 2.05) is 0 Å². The Balaban J connectivity index is 2.13. The minimum absolute atomic E-state index is 0.160. The van der Waals surface area contributed by atoms with Crippen molar-refractivity contribution in [2.45, 2.75) is 38.5 Å². The highest BCUT2D eigenvalue weighted by molar-refractivity contribution is 7.89. The van der Waals surface area contributed by atoms with Gasteiger partial charge in [0.25, 0.3) is 0 Å². The molecule has 0 saturated carbocycles. The summed E-state index contributed by atoms with van der Waals surface area (Å²) in [5, 5.41) is 12.5. The Hall–Kier alpha value is -2.38. The summed E-state index contributed by atoms with van der Waals surface area (Å²) in [7, 11) is -3.60. The van der Waals surface area contributed by atoms with Gasteiger partial charge in [0.15, 0.2) is 0 Å². The number of benzene rings is 2. The maximum Gasteiger partial charge on any atom is 0.243 e. The molecule has 27 heavy (non-hydrogen) atoms. The summed E-state index contributed by atoms with van der Waals surface area (Å²) in [5.74, 6) is -0.0819. The lowest BCUT2D eigenvalue weighted by molar-refractivity contribution is -0.116. The second kappa shape index (κ2) is 9.01. The number of nitrogens with zero attached hydrogens (tertiary/aromatic N) is 1. The molecular formula is C20H26N2O4S. The van der Waals surface area contributed by atoms with Crippen LogP contribution in [-0.4, -0.2) is 36.8 Å². The normalized spacial score (nSPS) is 11.6. The number of carbonyl (C=O) groups excluding carboxylic acids is 1. The van der Waals surface area contributed by atoms with E-state index in [4.69, 9.17) is 0 Å². The Morgan fingerprint density at radius 2 is 1.78 bits per heavy atom. The molecular weight excluding hydrogens is 364 g/mol. The number of amides is 1. The van der Waals surface area contributed by atoms with E-state index >= 15 is 0 Å². The van der Waals surface area contributed by atoms with Crippen molar-refractivity contribution in [1.82, 2.24) is 4.31 Å². The molecule has 0 aliphatic heterocycles. The van der Waals surface area contributed by atoms with Gasteiger partial charge in [-0.3, -0.25) is 4.79 Å². The molecule has 0 bridgehead atoms. The lowest BCUT2D eigenvalue weighted by atomic mass is 10.1. The molecule has 0 aliphatic carbocycles. The van der Waals surface area contributed by atoms with E-state index in [1.165, 1.54) is 10.4 Å². The number of hydrogen-bond donors (Lipinski definition) is 2. The Bertz CT molecular complexity index is 906. The molecule has 0 fully saturated rings. The minimum Gasteiger partial charge on any atom is -0.508 e. The van der Waals surface area contributed by atoms with E-state index < -0.39 is 10.0 Å². The van der Waals surface area contributed by atoms with Gasteiger partial charge in [0.1, 0.15) is 5.75 Å². The van der Waals surface area contributed by atoms with Gasteiger partial charge in [0.05, 0.1) is 4.90 Å². The summed E-state index contributed by atoms with van der Waals surface area (Å²) in [4.78, 5) is 12.4. The van der Waals surface area contributed by atoms with E-state index in [-0.39, 0.29) is 23.0 Å².